The summed E-state index contributed by atoms with van der Waals surface area (Å²) in [6, 6.07) is 0.374. The van der Waals surface area contributed by atoms with Crippen LogP contribution in [0.3, 0.4) is 0 Å². The molecule has 110 valence electrons. The van der Waals surface area contributed by atoms with Gasteiger partial charge in [-0.1, -0.05) is 52.9 Å². The number of rotatable bonds is 11. The lowest BCUT2D eigenvalue weighted by Crippen LogP contribution is -2.59. The Morgan fingerprint density at radius 3 is 2.00 bits per heavy atom. The highest BCUT2D eigenvalue weighted by atomic mass is 15.3. The fourth-order valence-corrected chi connectivity index (χ4v) is 2.85. The van der Waals surface area contributed by atoms with Crippen molar-refractivity contribution in [3.8, 4) is 0 Å². The van der Waals surface area contributed by atoms with Gasteiger partial charge in [-0.3, -0.25) is 16.2 Å². The largest absolute Gasteiger partial charge is 0.297 e. The highest BCUT2D eigenvalue weighted by Gasteiger charge is 2.32. The maximum atomic E-state index is 5.77. The Hall–Kier alpha value is -0.120. The second kappa shape index (κ2) is 9.76. The third-order valence-electron chi connectivity index (χ3n) is 4.23. The fraction of sp³-hybridized carbons (Fsp3) is 1.00. The molecule has 0 aliphatic carbocycles. The topological polar surface area (TPSA) is 41.3 Å². The molecule has 0 aromatic heterocycles. The van der Waals surface area contributed by atoms with E-state index in [2.05, 4.69) is 44.9 Å². The van der Waals surface area contributed by atoms with Crippen LogP contribution in [0.2, 0.25) is 0 Å². The van der Waals surface area contributed by atoms with Crippen LogP contribution < -0.4 is 11.3 Å². The number of unbranched alkanes of at least 4 members (excludes halogenated alkanes) is 4. The van der Waals surface area contributed by atoms with E-state index in [9.17, 15) is 0 Å². The number of hydrogen-bond donors (Lipinski definition) is 2. The van der Waals surface area contributed by atoms with Crippen LogP contribution in [0.25, 0.3) is 0 Å². The van der Waals surface area contributed by atoms with Crippen LogP contribution in [-0.4, -0.2) is 29.6 Å². The Kier molecular flexibility index (Phi) is 9.70. The minimum Gasteiger partial charge on any atom is -0.297 e. The monoisotopic (exact) mass is 257 g/mol. The quantitative estimate of drug-likeness (QED) is 0.339. The molecule has 0 spiro atoms. The summed E-state index contributed by atoms with van der Waals surface area (Å²) >= 11 is 0. The summed E-state index contributed by atoms with van der Waals surface area (Å²) in [7, 11) is 0. The van der Waals surface area contributed by atoms with Gasteiger partial charge in [-0.05, 0) is 33.4 Å². The molecular weight excluding hydrogens is 222 g/mol. The van der Waals surface area contributed by atoms with Crippen LogP contribution in [0, 0.1) is 0 Å². The van der Waals surface area contributed by atoms with E-state index in [0.29, 0.717) is 6.04 Å². The number of hydrogen-bond acceptors (Lipinski definition) is 3. The smallest absolute Gasteiger partial charge is 0.0389 e. The minimum absolute atomic E-state index is 0.128. The molecule has 3 nitrogen and oxygen atoms in total. The molecule has 0 radical (unpaired) electrons. The van der Waals surface area contributed by atoms with E-state index in [0.717, 1.165) is 13.1 Å². The van der Waals surface area contributed by atoms with Crippen molar-refractivity contribution in [3.05, 3.63) is 0 Å². The summed E-state index contributed by atoms with van der Waals surface area (Å²) in [5.41, 5.74) is 3.17. The van der Waals surface area contributed by atoms with Gasteiger partial charge >= 0.3 is 0 Å². The second-order valence-corrected chi connectivity index (χ2v) is 5.75. The zero-order valence-electron chi connectivity index (χ0n) is 13.3. The van der Waals surface area contributed by atoms with Crippen molar-refractivity contribution >= 4 is 0 Å². The highest BCUT2D eigenvalue weighted by Crippen LogP contribution is 2.22. The predicted molar refractivity (Wildman–Crippen MR) is 81.5 cm³/mol. The molecule has 0 heterocycles. The molecule has 1 unspecified atom stereocenters. The van der Waals surface area contributed by atoms with Crippen molar-refractivity contribution in [1.29, 1.82) is 0 Å². The molecule has 0 aromatic rings. The zero-order chi connectivity index (χ0) is 14.0. The first kappa shape index (κ1) is 17.9. The number of hydrazine groups is 1. The summed E-state index contributed by atoms with van der Waals surface area (Å²) in [5.74, 6) is 5.77. The Balaban J connectivity index is 4.20. The predicted octanol–water partition coefficient (Wildman–Crippen LogP) is 3.30. The molecule has 18 heavy (non-hydrogen) atoms. The van der Waals surface area contributed by atoms with E-state index < -0.39 is 0 Å². The van der Waals surface area contributed by atoms with Crippen molar-refractivity contribution in [2.75, 3.05) is 13.1 Å². The van der Waals surface area contributed by atoms with Crippen LogP contribution in [-0.2, 0) is 0 Å². The molecular formula is C15H35N3. The maximum absolute atomic E-state index is 5.77. The van der Waals surface area contributed by atoms with E-state index in [1.165, 1.54) is 38.5 Å². The molecule has 0 saturated carbocycles. The van der Waals surface area contributed by atoms with Crippen molar-refractivity contribution in [1.82, 2.24) is 10.3 Å². The Morgan fingerprint density at radius 1 is 1.00 bits per heavy atom. The van der Waals surface area contributed by atoms with Crippen LogP contribution >= 0.6 is 0 Å². The molecule has 0 fully saturated rings. The molecule has 0 rings (SSSR count). The van der Waals surface area contributed by atoms with E-state index in [4.69, 9.17) is 5.84 Å². The Bertz CT molecular complexity index is 188. The minimum atomic E-state index is 0.128. The first-order chi connectivity index (χ1) is 8.54. The number of likely N-dealkylation sites (N-methyl/N-ethyl adjacent to an activating group) is 1. The first-order valence-corrected chi connectivity index (χ1v) is 7.75. The van der Waals surface area contributed by atoms with Crippen molar-refractivity contribution in [2.45, 2.75) is 84.7 Å². The average Bonchev–Trinajstić information content (AvgIpc) is 2.34. The molecule has 0 bridgehead atoms. The number of nitrogens with one attached hydrogen (secondary N) is 1. The van der Waals surface area contributed by atoms with Crippen molar-refractivity contribution in [2.24, 2.45) is 5.84 Å². The molecule has 0 saturated heterocycles. The van der Waals surface area contributed by atoms with Gasteiger partial charge in [0.25, 0.3) is 0 Å². The van der Waals surface area contributed by atoms with Crippen molar-refractivity contribution < 1.29 is 0 Å². The van der Waals surface area contributed by atoms with Gasteiger partial charge in [-0.15, -0.1) is 0 Å². The van der Waals surface area contributed by atoms with Crippen LogP contribution in [0.1, 0.15) is 73.1 Å². The van der Waals surface area contributed by atoms with Crippen LogP contribution in [0.15, 0.2) is 0 Å². The molecule has 0 aliphatic heterocycles. The van der Waals surface area contributed by atoms with Gasteiger partial charge in [-0.2, -0.15) is 0 Å². The standard InChI is InChI=1S/C15H35N3/c1-6-9-10-11-12-13-14(17-16)15(4,5)18(7-2)8-3/h14,17H,6-13,16H2,1-5H3. The summed E-state index contributed by atoms with van der Waals surface area (Å²) in [6.45, 7) is 13.5. The van der Waals surface area contributed by atoms with Gasteiger partial charge in [0.05, 0.1) is 0 Å². The van der Waals surface area contributed by atoms with E-state index in [1.807, 2.05) is 0 Å². The van der Waals surface area contributed by atoms with Gasteiger partial charge in [0.15, 0.2) is 0 Å². The van der Waals surface area contributed by atoms with Gasteiger partial charge < -0.3 is 0 Å². The second-order valence-electron chi connectivity index (χ2n) is 5.75. The van der Waals surface area contributed by atoms with E-state index >= 15 is 0 Å². The summed E-state index contributed by atoms with van der Waals surface area (Å²) in [4.78, 5) is 2.49. The van der Waals surface area contributed by atoms with E-state index in [-0.39, 0.29) is 5.54 Å². The normalized spacial score (nSPS) is 14.2. The molecule has 3 N–H and O–H groups in total. The van der Waals surface area contributed by atoms with Crippen molar-refractivity contribution in [3.63, 3.8) is 0 Å². The molecule has 0 amide bonds. The van der Waals surface area contributed by atoms with E-state index in [1.54, 1.807) is 0 Å². The Morgan fingerprint density at radius 2 is 1.56 bits per heavy atom. The lowest BCUT2D eigenvalue weighted by atomic mass is 9.88. The molecule has 3 heteroatoms. The Labute approximate surface area is 114 Å². The van der Waals surface area contributed by atoms with Crippen LogP contribution in [0.5, 0.6) is 0 Å². The highest BCUT2D eigenvalue weighted by molar-refractivity contribution is 4.91. The zero-order valence-corrected chi connectivity index (χ0v) is 13.3. The van der Waals surface area contributed by atoms with Gasteiger partial charge in [0.1, 0.15) is 0 Å². The molecule has 0 aliphatic rings. The number of nitrogens with two attached hydrogens (primary N) is 1. The third kappa shape index (κ3) is 5.68. The van der Waals surface area contributed by atoms with Gasteiger partial charge in [0.2, 0.25) is 0 Å². The lowest BCUT2D eigenvalue weighted by Gasteiger charge is -2.43. The SMILES string of the molecule is CCCCCCCC(NN)C(C)(C)N(CC)CC. The number of nitrogens with zero attached hydrogens (tertiary/aromatic N) is 1. The molecule has 1 atom stereocenters. The first-order valence-electron chi connectivity index (χ1n) is 7.75. The van der Waals surface area contributed by atoms with Gasteiger partial charge in [-0.25, -0.2) is 0 Å². The summed E-state index contributed by atoms with van der Waals surface area (Å²) < 4.78 is 0. The molecule has 0 aromatic carbocycles. The fourth-order valence-electron chi connectivity index (χ4n) is 2.85. The third-order valence-corrected chi connectivity index (χ3v) is 4.23. The lowest BCUT2D eigenvalue weighted by molar-refractivity contribution is 0.0863. The maximum Gasteiger partial charge on any atom is 0.0389 e. The average molecular weight is 257 g/mol. The van der Waals surface area contributed by atoms with Crippen LogP contribution in [0.4, 0.5) is 0 Å². The summed E-state index contributed by atoms with van der Waals surface area (Å²) in [6.07, 6.45) is 7.81. The summed E-state index contributed by atoms with van der Waals surface area (Å²) in [5, 5.41) is 0. The van der Waals surface area contributed by atoms with Gasteiger partial charge in [0, 0.05) is 11.6 Å².